The maximum atomic E-state index is 11.7. The van der Waals surface area contributed by atoms with Crippen LogP contribution in [0.4, 0.5) is 0 Å². The van der Waals surface area contributed by atoms with Gasteiger partial charge in [0.1, 0.15) is 5.69 Å². The highest BCUT2D eigenvalue weighted by atomic mass is 16.1. The van der Waals surface area contributed by atoms with E-state index in [1.807, 2.05) is 6.07 Å². The number of nitrogens with one attached hydrogen (secondary N) is 1. The molecule has 15 heavy (non-hydrogen) atoms. The first-order valence-corrected chi connectivity index (χ1v) is 5.25. The summed E-state index contributed by atoms with van der Waals surface area (Å²) in [7, 11) is 0. The molecule has 1 amide bonds. The molecule has 3 N–H and O–H groups in total. The largest absolute Gasteiger partial charge is 0.348 e. The maximum Gasteiger partial charge on any atom is 0.270 e. The highest BCUT2D eigenvalue weighted by Gasteiger charge is 2.20. The van der Waals surface area contributed by atoms with Crippen molar-refractivity contribution in [3.8, 4) is 0 Å². The molecule has 0 saturated heterocycles. The van der Waals surface area contributed by atoms with E-state index in [1.165, 1.54) is 6.42 Å². The van der Waals surface area contributed by atoms with Crippen LogP contribution in [0.25, 0.3) is 0 Å². The minimum absolute atomic E-state index is 0.0880. The molecule has 1 aliphatic rings. The average Bonchev–Trinajstić information content (AvgIpc) is 2.23. The molecular formula is C11H15N3O. The Kier molecular flexibility index (Phi) is 2.97. The van der Waals surface area contributed by atoms with Gasteiger partial charge in [0.2, 0.25) is 0 Å². The molecule has 0 atom stereocenters. The topological polar surface area (TPSA) is 68.0 Å². The number of carbonyl (C=O) groups is 1. The molecule has 0 unspecified atom stereocenters. The van der Waals surface area contributed by atoms with Gasteiger partial charge in [-0.05, 0) is 37.0 Å². The van der Waals surface area contributed by atoms with E-state index in [2.05, 4.69) is 10.3 Å². The molecular weight excluding hydrogens is 190 g/mol. The van der Waals surface area contributed by atoms with Gasteiger partial charge in [0.15, 0.2) is 0 Å². The number of nitrogens with zero attached hydrogens (tertiary/aromatic N) is 1. The van der Waals surface area contributed by atoms with E-state index in [0.29, 0.717) is 18.3 Å². The molecule has 0 spiro atoms. The monoisotopic (exact) mass is 205 g/mol. The van der Waals surface area contributed by atoms with Crippen molar-refractivity contribution in [3.05, 3.63) is 29.6 Å². The summed E-state index contributed by atoms with van der Waals surface area (Å²) in [4.78, 5) is 15.7. The number of amides is 1. The average molecular weight is 205 g/mol. The van der Waals surface area contributed by atoms with E-state index in [-0.39, 0.29) is 5.91 Å². The van der Waals surface area contributed by atoms with Crippen molar-refractivity contribution >= 4 is 5.91 Å². The molecule has 0 aromatic carbocycles. The zero-order valence-corrected chi connectivity index (χ0v) is 8.57. The van der Waals surface area contributed by atoms with Crippen LogP contribution in [0.15, 0.2) is 18.3 Å². The maximum absolute atomic E-state index is 11.7. The molecule has 1 heterocycles. The lowest BCUT2D eigenvalue weighted by atomic mass is 9.93. The van der Waals surface area contributed by atoms with Crippen LogP contribution in [-0.2, 0) is 6.54 Å². The van der Waals surface area contributed by atoms with Crippen molar-refractivity contribution in [2.75, 3.05) is 0 Å². The summed E-state index contributed by atoms with van der Waals surface area (Å²) < 4.78 is 0. The fourth-order valence-electron chi connectivity index (χ4n) is 1.54. The van der Waals surface area contributed by atoms with E-state index in [9.17, 15) is 4.79 Å². The van der Waals surface area contributed by atoms with Crippen LogP contribution in [-0.4, -0.2) is 16.9 Å². The van der Waals surface area contributed by atoms with Crippen molar-refractivity contribution in [1.82, 2.24) is 10.3 Å². The number of nitrogens with two attached hydrogens (primary N) is 1. The Balaban J connectivity index is 2.03. The van der Waals surface area contributed by atoms with Crippen molar-refractivity contribution < 1.29 is 4.79 Å². The molecule has 1 aliphatic carbocycles. The van der Waals surface area contributed by atoms with Gasteiger partial charge in [-0.3, -0.25) is 9.78 Å². The first-order valence-electron chi connectivity index (χ1n) is 5.25. The Morgan fingerprint density at radius 1 is 1.60 bits per heavy atom. The van der Waals surface area contributed by atoms with Gasteiger partial charge in [0.05, 0.1) is 0 Å². The van der Waals surface area contributed by atoms with E-state index in [4.69, 9.17) is 5.73 Å². The van der Waals surface area contributed by atoms with Gasteiger partial charge in [-0.2, -0.15) is 0 Å². The number of aromatic nitrogens is 1. The van der Waals surface area contributed by atoms with Crippen LogP contribution in [0.2, 0.25) is 0 Å². The molecule has 1 saturated carbocycles. The van der Waals surface area contributed by atoms with Crippen LogP contribution < -0.4 is 11.1 Å². The molecule has 2 rings (SSSR count). The van der Waals surface area contributed by atoms with E-state index >= 15 is 0 Å². The van der Waals surface area contributed by atoms with E-state index in [1.54, 1.807) is 12.3 Å². The Morgan fingerprint density at radius 2 is 2.40 bits per heavy atom. The summed E-state index contributed by atoms with van der Waals surface area (Å²) in [5, 5.41) is 2.94. The van der Waals surface area contributed by atoms with Crippen LogP contribution in [0, 0.1) is 0 Å². The molecule has 0 radical (unpaired) electrons. The van der Waals surface area contributed by atoms with Crippen molar-refractivity contribution in [2.24, 2.45) is 5.73 Å². The van der Waals surface area contributed by atoms with Crippen LogP contribution in [0.5, 0.6) is 0 Å². The van der Waals surface area contributed by atoms with Gasteiger partial charge < -0.3 is 11.1 Å². The van der Waals surface area contributed by atoms with Gasteiger partial charge >= 0.3 is 0 Å². The Hall–Kier alpha value is -1.42. The quantitative estimate of drug-likeness (QED) is 0.767. The first-order chi connectivity index (χ1) is 7.29. The summed E-state index contributed by atoms with van der Waals surface area (Å²) in [6.07, 6.45) is 5.00. The number of carbonyl (C=O) groups excluding carboxylic acids is 1. The third-order valence-corrected chi connectivity index (χ3v) is 2.73. The second kappa shape index (κ2) is 4.40. The van der Waals surface area contributed by atoms with E-state index in [0.717, 1.165) is 18.4 Å². The lowest BCUT2D eigenvalue weighted by molar-refractivity contribution is 0.0912. The summed E-state index contributed by atoms with van der Waals surface area (Å²) in [5.41, 5.74) is 6.89. The third-order valence-electron chi connectivity index (χ3n) is 2.73. The Morgan fingerprint density at radius 3 is 3.00 bits per heavy atom. The fourth-order valence-corrected chi connectivity index (χ4v) is 1.54. The summed E-state index contributed by atoms with van der Waals surface area (Å²) in [6.45, 7) is 0.437. The van der Waals surface area contributed by atoms with Crippen molar-refractivity contribution in [3.63, 3.8) is 0 Å². The number of hydrogen-bond acceptors (Lipinski definition) is 3. The van der Waals surface area contributed by atoms with Crippen LogP contribution in [0.3, 0.4) is 0 Å². The number of pyridine rings is 1. The summed E-state index contributed by atoms with van der Waals surface area (Å²) >= 11 is 0. The van der Waals surface area contributed by atoms with Crippen molar-refractivity contribution in [1.29, 1.82) is 0 Å². The SMILES string of the molecule is NCc1ccnc(C(=O)NC2CCC2)c1. The zero-order valence-electron chi connectivity index (χ0n) is 8.57. The van der Waals surface area contributed by atoms with Gasteiger partial charge in [-0.1, -0.05) is 0 Å². The minimum atomic E-state index is -0.0880. The predicted octanol–water partition coefficient (Wildman–Crippen LogP) is 0.823. The molecule has 80 valence electrons. The van der Waals surface area contributed by atoms with Gasteiger partial charge in [-0.25, -0.2) is 0 Å². The lowest BCUT2D eigenvalue weighted by Crippen LogP contribution is -2.39. The number of rotatable bonds is 3. The lowest BCUT2D eigenvalue weighted by Gasteiger charge is -2.26. The minimum Gasteiger partial charge on any atom is -0.348 e. The molecule has 1 aromatic heterocycles. The standard InChI is InChI=1S/C11H15N3O/c12-7-8-4-5-13-10(6-8)11(15)14-9-2-1-3-9/h4-6,9H,1-3,7,12H2,(H,14,15). The predicted molar refractivity (Wildman–Crippen MR) is 57.2 cm³/mol. The summed E-state index contributed by atoms with van der Waals surface area (Å²) in [5.74, 6) is -0.0880. The Bertz CT molecular complexity index is 361. The zero-order chi connectivity index (χ0) is 10.7. The molecule has 0 bridgehead atoms. The second-order valence-corrected chi connectivity index (χ2v) is 3.85. The molecule has 4 nitrogen and oxygen atoms in total. The third kappa shape index (κ3) is 2.33. The second-order valence-electron chi connectivity index (χ2n) is 3.85. The van der Waals surface area contributed by atoms with Crippen molar-refractivity contribution in [2.45, 2.75) is 31.8 Å². The number of hydrogen-bond donors (Lipinski definition) is 2. The summed E-state index contributed by atoms with van der Waals surface area (Å²) in [6, 6.07) is 3.91. The highest BCUT2D eigenvalue weighted by Crippen LogP contribution is 2.18. The highest BCUT2D eigenvalue weighted by molar-refractivity contribution is 5.92. The van der Waals surface area contributed by atoms with E-state index < -0.39 is 0 Å². The van der Waals surface area contributed by atoms with Crippen LogP contribution >= 0.6 is 0 Å². The molecule has 4 heteroatoms. The molecule has 1 fully saturated rings. The molecule has 0 aliphatic heterocycles. The van der Waals surface area contributed by atoms with Gasteiger partial charge in [0, 0.05) is 18.8 Å². The van der Waals surface area contributed by atoms with Gasteiger partial charge in [-0.15, -0.1) is 0 Å². The normalized spacial score (nSPS) is 15.8. The smallest absolute Gasteiger partial charge is 0.270 e. The Labute approximate surface area is 88.9 Å². The van der Waals surface area contributed by atoms with Crippen LogP contribution in [0.1, 0.15) is 35.3 Å². The first kappa shape index (κ1) is 10.1. The van der Waals surface area contributed by atoms with Gasteiger partial charge in [0.25, 0.3) is 5.91 Å². The molecule has 1 aromatic rings. The fraction of sp³-hybridized carbons (Fsp3) is 0.455.